The van der Waals surface area contributed by atoms with Gasteiger partial charge in [-0.2, -0.15) is 0 Å². The predicted molar refractivity (Wildman–Crippen MR) is 112 cm³/mol. The Morgan fingerprint density at radius 3 is 2.73 bits per heavy atom. The van der Waals surface area contributed by atoms with E-state index in [1.165, 1.54) is 6.20 Å². The Labute approximate surface area is 177 Å². The lowest BCUT2D eigenvalue weighted by atomic mass is 9.61. The number of esters is 1. The molecule has 0 aromatic carbocycles. The molecule has 8 nitrogen and oxygen atoms in total. The van der Waals surface area contributed by atoms with Crippen molar-refractivity contribution in [2.45, 2.75) is 38.6 Å². The zero-order chi connectivity index (χ0) is 21.1. The minimum atomic E-state index is -0.499. The highest BCUT2D eigenvalue weighted by Gasteiger charge is 2.53. The van der Waals surface area contributed by atoms with Crippen molar-refractivity contribution in [1.82, 2.24) is 9.88 Å². The largest absolute Gasteiger partial charge is 0.466 e. The molecule has 1 aromatic rings. The van der Waals surface area contributed by atoms with E-state index >= 15 is 0 Å². The molecular formula is C22H32N4O4. The van der Waals surface area contributed by atoms with Crippen LogP contribution < -0.4 is 10.6 Å². The maximum Gasteiger partial charge on any atom is 0.314 e. The maximum absolute atomic E-state index is 13.2. The Bertz CT molecular complexity index is 765. The zero-order valence-corrected chi connectivity index (χ0v) is 17.7. The number of fused-ring (bicyclic) bond motifs is 1. The summed E-state index contributed by atoms with van der Waals surface area (Å²) in [6.07, 6.45) is 5.29. The molecule has 2 aliphatic heterocycles. The van der Waals surface area contributed by atoms with Crippen LogP contribution >= 0.6 is 0 Å². The van der Waals surface area contributed by atoms with E-state index in [1.54, 1.807) is 6.07 Å². The quantitative estimate of drug-likeness (QED) is 0.725. The second kappa shape index (κ2) is 8.89. The number of piperidine rings is 1. The molecule has 0 spiro atoms. The highest BCUT2D eigenvalue weighted by atomic mass is 16.5. The van der Waals surface area contributed by atoms with Crippen LogP contribution in [0.25, 0.3) is 0 Å². The molecule has 164 valence electrons. The molecule has 3 fully saturated rings. The molecule has 8 heteroatoms. The van der Waals surface area contributed by atoms with E-state index in [9.17, 15) is 9.59 Å². The number of ether oxygens (including phenoxy) is 2. The van der Waals surface area contributed by atoms with Gasteiger partial charge in [0.25, 0.3) is 0 Å². The van der Waals surface area contributed by atoms with Crippen LogP contribution in [0.1, 0.15) is 43.0 Å². The summed E-state index contributed by atoms with van der Waals surface area (Å²) in [5, 5.41) is 0. The van der Waals surface area contributed by atoms with E-state index in [2.05, 4.69) is 14.8 Å². The molecular weight excluding hydrogens is 384 g/mol. The fourth-order valence-electron chi connectivity index (χ4n) is 5.43. The second-order valence-electron chi connectivity index (χ2n) is 8.63. The third-order valence-corrected chi connectivity index (χ3v) is 7.08. The number of nitrogens with zero attached hydrogens (tertiary/aromatic N) is 3. The Morgan fingerprint density at radius 2 is 2.07 bits per heavy atom. The summed E-state index contributed by atoms with van der Waals surface area (Å²) in [5.74, 6) is 0.516. The van der Waals surface area contributed by atoms with Gasteiger partial charge in [0, 0.05) is 38.4 Å². The van der Waals surface area contributed by atoms with Gasteiger partial charge in [-0.25, -0.2) is 4.98 Å². The molecule has 4 rings (SSSR count). The van der Waals surface area contributed by atoms with Crippen LogP contribution in [-0.4, -0.2) is 73.8 Å². The number of primary amides is 1. The summed E-state index contributed by atoms with van der Waals surface area (Å²) in [7, 11) is 0. The Balaban J connectivity index is 1.53. The van der Waals surface area contributed by atoms with Crippen molar-refractivity contribution < 1.29 is 19.1 Å². The van der Waals surface area contributed by atoms with Crippen LogP contribution in [0.4, 0.5) is 5.82 Å². The van der Waals surface area contributed by atoms with Crippen molar-refractivity contribution in [3.8, 4) is 0 Å². The number of aromatic nitrogens is 1. The lowest BCUT2D eigenvalue weighted by Gasteiger charge is -2.52. The summed E-state index contributed by atoms with van der Waals surface area (Å²) < 4.78 is 11.1. The first-order chi connectivity index (χ1) is 14.5. The molecule has 3 aliphatic rings. The number of hydrogen-bond donors (Lipinski definition) is 1. The van der Waals surface area contributed by atoms with E-state index in [0.717, 1.165) is 64.3 Å². The molecule has 1 aromatic heterocycles. The van der Waals surface area contributed by atoms with Crippen molar-refractivity contribution in [1.29, 1.82) is 0 Å². The van der Waals surface area contributed by atoms with Gasteiger partial charge in [-0.1, -0.05) is 0 Å². The minimum Gasteiger partial charge on any atom is -0.466 e. The standard InChI is InChI=1S/C22H32N4O4/c1-2-30-21(28)22-7-5-18(25-9-11-29-12-10-25)13-17(22)6-8-26(15-22)19-4-3-16(14-24-19)20(23)27/h3-4,14,17-18H,2,5-13,15H2,1H3,(H2,23,27)/t17-,18+,22-/m1/s1. The molecule has 3 atom stereocenters. The number of rotatable bonds is 5. The summed E-state index contributed by atoms with van der Waals surface area (Å²) >= 11 is 0. The van der Waals surface area contributed by atoms with Gasteiger partial charge in [0.1, 0.15) is 5.82 Å². The van der Waals surface area contributed by atoms with Gasteiger partial charge in [-0.3, -0.25) is 14.5 Å². The van der Waals surface area contributed by atoms with Gasteiger partial charge in [-0.05, 0) is 50.7 Å². The number of nitrogens with two attached hydrogens (primary N) is 1. The fraction of sp³-hybridized carbons (Fsp3) is 0.682. The molecule has 3 heterocycles. The fourth-order valence-corrected chi connectivity index (χ4v) is 5.43. The number of anilines is 1. The Morgan fingerprint density at radius 1 is 1.27 bits per heavy atom. The van der Waals surface area contributed by atoms with Gasteiger partial charge < -0.3 is 20.1 Å². The predicted octanol–water partition coefficient (Wildman–Crippen LogP) is 1.44. The summed E-state index contributed by atoms with van der Waals surface area (Å²) in [4.78, 5) is 33.7. The lowest BCUT2D eigenvalue weighted by Crippen LogP contribution is -2.59. The molecule has 30 heavy (non-hydrogen) atoms. The summed E-state index contributed by atoms with van der Waals surface area (Å²) in [5.41, 5.74) is 5.22. The maximum atomic E-state index is 13.2. The van der Waals surface area contributed by atoms with Gasteiger partial charge in [0.15, 0.2) is 0 Å². The third-order valence-electron chi connectivity index (χ3n) is 7.08. The average molecular weight is 417 g/mol. The number of carbonyl (C=O) groups is 2. The van der Waals surface area contributed by atoms with Crippen LogP contribution in [0.15, 0.2) is 18.3 Å². The molecule has 1 amide bonds. The summed E-state index contributed by atoms with van der Waals surface area (Å²) in [6.45, 7) is 7.26. The van der Waals surface area contributed by atoms with E-state index < -0.39 is 11.3 Å². The monoisotopic (exact) mass is 416 g/mol. The normalized spacial score (nSPS) is 29.8. The minimum absolute atomic E-state index is 0.0751. The van der Waals surface area contributed by atoms with Crippen molar-refractivity contribution >= 4 is 17.7 Å². The van der Waals surface area contributed by atoms with Gasteiger partial charge >= 0.3 is 5.97 Å². The number of morpholine rings is 1. The topological polar surface area (TPSA) is 98.0 Å². The van der Waals surface area contributed by atoms with E-state index in [0.29, 0.717) is 30.7 Å². The lowest BCUT2D eigenvalue weighted by molar-refractivity contribution is -0.164. The van der Waals surface area contributed by atoms with E-state index in [-0.39, 0.29) is 5.97 Å². The first kappa shape index (κ1) is 21.1. The average Bonchev–Trinajstić information content (AvgIpc) is 2.79. The van der Waals surface area contributed by atoms with Gasteiger partial charge in [-0.15, -0.1) is 0 Å². The Kier molecular flexibility index (Phi) is 6.24. The molecule has 2 saturated heterocycles. The van der Waals surface area contributed by atoms with Gasteiger partial charge in [0.2, 0.25) is 5.91 Å². The van der Waals surface area contributed by atoms with Crippen molar-refractivity contribution in [2.24, 2.45) is 17.1 Å². The number of carbonyl (C=O) groups excluding carboxylic acids is 2. The third kappa shape index (κ3) is 4.03. The van der Waals surface area contributed by atoms with Crippen LogP contribution in [0.3, 0.4) is 0 Å². The SMILES string of the molecule is CCOC(=O)[C@@]12CC[C@H](N3CCOCC3)C[C@H]1CCN(c1ccc(C(N)=O)cn1)C2. The highest BCUT2D eigenvalue weighted by molar-refractivity contribution is 5.92. The van der Waals surface area contributed by atoms with Crippen molar-refractivity contribution in [3.05, 3.63) is 23.9 Å². The Hall–Kier alpha value is -2.19. The van der Waals surface area contributed by atoms with Crippen molar-refractivity contribution in [3.63, 3.8) is 0 Å². The molecule has 2 N–H and O–H groups in total. The van der Waals surface area contributed by atoms with Crippen LogP contribution in [0.5, 0.6) is 0 Å². The first-order valence-corrected chi connectivity index (χ1v) is 11.0. The molecule has 1 saturated carbocycles. The summed E-state index contributed by atoms with van der Waals surface area (Å²) in [6, 6.07) is 4.03. The van der Waals surface area contributed by atoms with Gasteiger partial charge in [0.05, 0.1) is 30.8 Å². The highest BCUT2D eigenvalue weighted by Crippen LogP contribution is 2.49. The number of amides is 1. The van der Waals surface area contributed by atoms with Crippen LogP contribution in [0.2, 0.25) is 0 Å². The first-order valence-electron chi connectivity index (χ1n) is 11.0. The number of hydrogen-bond acceptors (Lipinski definition) is 7. The van der Waals surface area contributed by atoms with Crippen molar-refractivity contribution in [2.75, 3.05) is 50.9 Å². The number of pyridine rings is 1. The molecule has 0 unspecified atom stereocenters. The molecule has 1 aliphatic carbocycles. The second-order valence-corrected chi connectivity index (χ2v) is 8.63. The van der Waals surface area contributed by atoms with E-state index in [4.69, 9.17) is 15.2 Å². The smallest absolute Gasteiger partial charge is 0.314 e. The van der Waals surface area contributed by atoms with Crippen LogP contribution in [0, 0.1) is 11.3 Å². The molecule has 0 bridgehead atoms. The van der Waals surface area contributed by atoms with E-state index in [1.807, 2.05) is 13.0 Å². The molecule has 0 radical (unpaired) electrons. The zero-order valence-electron chi connectivity index (χ0n) is 17.7. The van der Waals surface area contributed by atoms with Crippen LogP contribution in [-0.2, 0) is 14.3 Å².